The summed E-state index contributed by atoms with van der Waals surface area (Å²) in [7, 11) is -3.50. The maximum absolute atomic E-state index is 12.8. The third kappa shape index (κ3) is 2.72. The van der Waals surface area contributed by atoms with Gasteiger partial charge in [0.2, 0.25) is 15.9 Å². The van der Waals surface area contributed by atoms with Crippen LogP contribution in [0.15, 0.2) is 23.1 Å². The average molecular weight is 336 g/mol. The lowest BCUT2D eigenvalue weighted by Crippen LogP contribution is -2.50. The third-order valence-electron chi connectivity index (χ3n) is 4.78. The van der Waals surface area contributed by atoms with E-state index in [2.05, 4.69) is 0 Å². The number of piperazine rings is 1. The first-order chi connectivity index (χ1) is 11.1. The molecule has 2 fully saturated rings. The van der Waals surface area contributed by atoms with Gasteiger partial charge in [-0.2, -0.15) is 4.31 Å². The second-order valence-corrected chi connectivity index (χ2v) is 8.31. The highest BCUT2D eigenvalue weighted by Gasteiger charge is 2.36. The Labute approximate surface area is 136 Å². The van der Waals surface area contributed by atoms with Crippen LogP contribution in [-0.2, 0) is 21.2 Å². The summed E-state index contributed by atoms with van der Waals surface area (Å²) in [4.78, 5) is 14.2. The summed E-state index contributed by atoms with van der Waals surface area (Å²) >= 11 is 0. The second kappa shape index (κ2) is 5.49. The molecule has 4 rings (SSSR count). The summed E-state index contributed by atoms with van der Waals surface area (Å²) in [5, 5.41) is 0. The maximum atomic E-state index is 12.8. The molecule has 1 aliphatic carbocycles. The summed E-state index contributed by atoms with van der Waals surface area (Å²) < 4.78 is 32.5. The highest BCUT2D eigenvalue weighted by atomic mass is 32.2. The number of amides is 1. The minimum absolute atomic E-state index is 0.190. The molecule has 6 nitrogen and oxygen atoms in total. The van der Waals surface area contributed by atoms with Crippen molar-refractivity contribution in [3.8, 4) is 5.75 Å². The average Bonchev–Trinajstić information content (AvgIpc) is 3.31. The maximum Gasteiger partial charge on any atom is 0.243 e. The van der Waals surface area contributed by atoms with Gasteiger partial charge in [0.25, 0.3) is 0 Å². The number of carbonyl (C=O) groups excluding carboxylic acids is 1. The zero-order valence-electron chi connectivity index (χ0n) is 12.9. The van der Waals surface area contributed by atoms with Crippen LogP contribution in [0.3, 0.4) is 0 Å². The molecule has 0 spiro atoms. The SMILES string of the molecule is O=C(C1CC1)N1CCN(S(=O)(=O)c2ccc3c(c2)CCO3)CC1. The van der Waals surface area contributed by atoms with Crippen molar-refractivity contribution in [1.82, 2.24) is 9.21 Å². The molecule has 0 aromatic heterocycles. The molecule has 0 unspecified atom stereocenters. The first-order valence-corrected chi connectivity index (χ1v) is 9.54. The fourth-order valence-electron chi connectivity index (χ4n) is 3.21. The van der Waals surface area contributed by atoms with Gasteiger partial charge in [-0.1, -0.05) is 0 Å². The van der Waals surface area contributed by atoms with Crippen molar-refractivity contribution in [2.75, 3.05) is 32.8 Å². The molecule has 2 aliphatic heterocycles. The van der Waals surface area contributed by atoms with Crippen LogP contribution >= 0.6 is 0 Å². The van der Waals surface area contributed by atoms with Gasteiger partial charge in [0.1, 0.15) is 5.75 Å². The van der Waals surface area contributed by atoms with E-state index in [-0.39, 0.29) is 11.8 Å². The van der Waals surface area contributed by atoms with E-state index in [4.69, 9.17) is 4.74 Å². The molecule has 124 valence electrons. The molecule has 23 heavy (non-hydrogen) atoms. The van der Waals surface area contributed by atoms with Gasteiger partial charge >= 0.3 is 0 Å². The van der Waals surface area contributed by atoms with Crippen molar-refractivity contribution in [2.24, 2.45) is 5.92 Å². The van der Waals surface area contributed by atoms with Crippen LogP contribution in [0.2, 0.25) is 0 Å². The predicted molar refractivity (Wildman–Crippen MR) is 83.7 cm³/mol. The molecule has 1 aromatic carbocycles. The van der Waals surface area contributed by atoms with Gasteiger partial charge in [0, 0.05) is 38.5 Å². The Morgan fingerprint density at radius 3 is 2.57 bits per heavy atom. The lowest BCUT2D eigenvalue weighted by molar-refractivity contribution is -0.133. The molecule has 1 saturated carbocycles. The topological polar surface area (TPSA) is 66.9 Å². The Kier molecular flexibility index (Phi) is 3.57. The lowest BCUT2D eigenvalue weighted by atomic mass is 10.2. The normalized spacial score (nSPS) is 21.8. The fraction of sp³-hybridized carbons (Fsp3) is 0.562. The van der Waals surface area contributed by atoms with E-state index in [9.17, 15) is 13.2 Å². The van der Waals surface area contributed by atoms with Gasteiger partial charge in [0.15, 0.2) is 0 Å². The summed E-state index contributed by atoms with van der Waals surface area (Å²) in [5.74, 6) is 1.16. The first kappa shape index (κ1) is 15.0. The Hall–Kier alpha value is -1.60. The fourth-order valence-corrected chi connectivity index (χ4v) is 4.68. The van der Waals surface area contributed by atoms with Gasteiger partial charge in [-0.15, -0.1) is 0 Å². The molecule has 0 N–H and O–H groups in total. The Morgan fingerprint density at radius 2 is 1.87 bits per heavy atom. The van der Waals surface area contributed by atoms with Crippen molar-refractivity contribution < 1.29 is 17.9 Å². The summed E-state index contributed by atoms with van der Waals surface area (Å²) in [6.45, 7) is 2.33. The zero-order chi connectivity index (χ0) is 16.0. The second-order valence-electron chi connectivity index (χ2n) is 6.37. The first-order valence-electron chi connectivity index (χ1n) is 8.10. The largest absolute Gasteiger partial charge is 0.493 e. The molecule has 0 bridgehead atoms. The van der Waals surface area contributed by atoms with Gasteiger partial charge in [-0.05, 0) is 36.6 Å². The van der Waals surface area contributed by atoms with Gasteiger partial charge < -0.3 is 9.64 Å². The molecule has 2 heterocycles. The highest BCUT2D eigenvalue weighted by molar-refractivity contribution is 7.89. The van der Waals surface area contributed by atoms with Crippen LogP contribution in [-0.4, -0.2) is 56.3 Å². The number of carbonyl (C=O) groups is 1. The minimum atomic E-state index is -3.50. The molecule has 3 aliphatic rings. The Balaban J connectivity index is 1.48. The third-order valence-corrected chi connectivity index (χ3v) is 6.67. The van der Waals surface area contributed by atoms with Crippen LogP contribution in [0.25, 0.3) is 0 Å². The van der Waals surface area contributed by atoms with Crippen molar-refractivity contribution in [2.45, 2.75) is 24.2 Å². The molecule has 7 heteroatoms. The molecule has 1 amide bonds. The van der Waals surface area contributed by atoms with E-state index >= 15 is 0 Å². The van der Waals surface area contributed by atoms with Crippen LogP contribution in [0.5, 0.6) is 5.75 Å². The summed E-state index contributed by atoms with van der Waals surface area (Å²) in [5.41, 5.74) is 0.952. The zero-order valence-corrected chi connectivity index (χ0v) is 13.7. The van der Waals surface area contributed by atoms with Gasteiger partial charge in [-0.25, -0.2) is 8.42 Å². The smallest absolute Gasteiger partial charge is 0.243 e. The predicted octanol–water partition coefficient (Wildman–Crippen LogP) is 0.864. The van der Waals surface area contributed by atoms with E-state index in [1.165, 1.54) is 4.31 Å². The number of ether oxygens (including phenoxy) is 1. The van der Waals surface area contributed by atoms with E-state index in [0.29, 0.717) is 37.7 Å². The van der Waals surface area contributed by atoms with E-state index in [1.54, 1.807) is 23.1 Å². The van der Waals surface area contributed by atoms with Crippen molar-refractivity contribution in [1.29, 1.82) is 0 Å². The van der Waals surface area contributed by atoms with Crippen molar-refractivity contribution >= 4 is 15.9 Å². The van der Waals surface area contributed by atoms with Crippen LogP contribution in [0.1, 0.15) is 18.4 Å². The van der Waals surface area contributed by atoms with Crippen LogP contribution in [0.4, 0.5) is 0 Å². The molecule has 1 saturated heterocycles. The molecule has 1 aromatic rings. The minimum Gasteiger partial charge on any atom is -0.493 e. The number of hydrogen-bond acceptors (Lipinski definition) is 4. The summed E-state index contributed by atoms with van der Waals surface area (Å²) in [6.07, 6.45) is 2.71. The molecule has 0 radical (unpaired) electrons. The van der Waals surface area contributed by atoms with E-state index in [0.717, 1.165) is 30.6 Å². The monoisotopic (exact) mass is 336 g/mol. The number of sulfonamides is 1. The summed E-state index contributed by atoms with van der Waals surface area (Å²) in [6, 6.07) is 5.07. The Morgan fingerprint density at radius 1 is 1.13 bits per heavy atom. The number of fused-ring (bicyclic) bond motifs is 1. The lowest BCUT2D eigenvalue weighted by Gasteiger charge is -2.34. The molecular weight excluding hydrogens is 316 g/mol. The van der Waals surface area contributed by atoms with Gasteiger partial charge in [-0.3, -0.25) is 4.79 Å². The number of nitrogens with zero attached hydrogens (tertiary/aromatic N) is 2. The number of hydrogen-bond donors (Lipinski definition) is 0. The molecule has 0 atom stereocenters. The van der Waals surface area contributed by atoms with E-state index in [1.807, 2.05) is 0 Å². The standard InChI is InChI=1S/C16H20N2O4S/c19-16(12-1-2-12)17-6-8-18(9-7-17)23(20,21)14-3-4-15-13(11-14)5-10-22-15/h3-4,11-12H,1-2,5-10H2. The van der Waals surface area contributed by atoms with Crippen LogP contribution in [0, 0.1) is 5.92 Å². The van der Waals surface area contributed by atoms with Crippen LogP contribution < -0.4 is 4.74 Å². The Bertz CT molecular complexity index is 734. The highest BCUT2D eigenvalue weighted by Crippen LogP contribution is 2.32. The van der Waals surface area contributed by atoms with E-state index < -0.39 is 10.0 Å². The van der Waals surface area contributed by atoms with Gasteiger partial charge in [0.05, 0.1) is 11.5 Å². The van der Waals surface area contributed by atoms with Crippen molar-refractivity contribution in [3.63, 3.8) is 0 Å². The number of rotatable bonds is 3. The quantitative estimate of drug-likeness (QED) is 0.821. The van der Waals surface area contributed by atoms with Crippen molar-refractivity contribution in [3.05, 3.63) is 23.8 Å². The number of benzene rings is 1. The molecular formula is C16H20N2O4S.